The summed E-state index contributed by atoms with van der Waals surface area (Å²) in [5.41, 5.74) is 3.63. The summed E-state index contributed by atoms with van der Waals surface area (Å²) < 4.78 is 7.09. The average molecular weight is 358 g/mol. The highest BCUT2D eigenvalue weighted by molar-refractivity contribution is 6.30. The van der Waals surface area contributed by atoms with Crippen molar-refractivity contribution < 1.29 is 9.53 Å². The quantitative estimate of drug-likeness (QED) is 0.731. The molecule has 2 heterocycles. The molecule has 0 spiro atoms. The normalized spacial score (nSPS) is 10.9. The number of nitrogens with one attached hydrogen (secondary N) is 1. The SMILES string of the molecule is CCCc1nc2ccc(Cl)cn2c1C(=O)Nc1cc(C)ccc1OC. The molecule has 6 heteroatoms. The highest BCUT2D eigenvalue weighted by Crippen LogP contribution is 2.27. The van der Waals surface area contributed by atoms with Gasteiger partial charge in [-0.1, -0.05) is 31.0 Å². The maximum atomic E-state index is 13.0. The highest BCUT2D eigenvalue weighted by Gasteiger charge is 2.20. The lowest BCUT2D eigenvalue weighted by Crippen LogP contribution is -2.17. The summed E-state index contributed by atoms with van der Waals surface area (Å²) in [6, 6.07) is 9.23. The molecule has 0 saturated carbocycles. The van der Waals surface area contributed by atoms with Crippen molar-refractivity contribution in [1.29, 1.82) is 0 Å². The lowest BCUT2D eigenvalue weighted by Gasteiger charge is -2.12. The molecule has 130 valence electrons. The number of nitrogens with zero attached hydrogens (tertiary/aromatic N) is 2. The number of carbonyl (C=O) groups is 1. The van der Waals surface area contributed by atoms with Gasteiger partial charge in [0.15, 0.2) is 0 Å². The summed E-state index contributed by atoms with van der Waals surface area (Å²) in [7, 11) is 1.58. The fraction of sp³-hybridized carbons (Fsp3) is 0.263. The Kier molecular flexibility index (Phi) is 4.95. The van der Waals surface area contributed by atoms with Crippen LogP contribution in [0.5, 0.6) is 5.75 Å². The molecule has 1 aromatic carbocycles. The van der Waals surface area contributed by atoms with E-state index in [2.05, 4.69) is 17.2 Å². The van der Waals surface area contributed by atoms with Gasteiger partial charge in [0, 0.05) is 6.20 Å². The van der Waals surface area contributed by atoms with Gasteiger partial charge in [0.05, 0.1) is 23.5 Å². The predicted octanol–water partition coefficient (Wildman–Crippen LogP) is 4.51. The van der Waals surface area contributed by atoms with E-state index in [9.17, 15) is 4.79 Å². The van der Waals surface area contributed by atoms with Gasteiger partial charge in [0.2, 0.25) is 0 Å². The number of halogens is 1. The molecule has 1 N–H and O–H groups in total. The Morgan fingerprint density at radius 3 is 2.84 bits per heavy atom. The maximum absolute atomic E-state index is 13.0. The number of carbonyl (C=O) groups excluding carboxylic acids is 1. The summed E-state index contributed by atoms with van der Waals surface area (Å²) in [4.78, 5) is 17.6. The zero-order valence-electron chi connectivity index (χ0n) is 14.5. The Morgan fingerprint density at radius 2 is 2.12 bits per heavy atom. The van der Waals surface area contributed by atoms with E-state index >= 15 is 0 Å². The second-order valence-corrected chi connectivity index (χ2v) is 6.33. The third-order valence-corrected chi connectivity index (χ3v) is 4.18. The van der Waals surface area contributed by atoms with Crippen molar-refractivity contribution in [2.75, 3.05) is 12.4 Å². The third-order valence-electron chi connectivity index (χ3n) is 3.96. The van der Waals surface area contributed by atoms with Crippen molar-refractivity contribution in [3.63, 3.8) is 0 Å². The molecule has 3 aromatic rings. The third kappa shape index (κ3) is 3.46. The van der Waals surface area contributed by atoms with E-state index in [-0.39, 0.29) is 5.91 Å². The number of amides is 1. The predicted molar refractivity (Wildman–Crippen MR) is 99.9 cm³/mol. The van der Waals surface area contributed by atoms with Gasteiger partial charge in [-0.05, 0) is 43.2 Å². The molecule has 0 aliphatic heterocycles. The van der Waals surface area contributed by atoms with Crippen molar-refractivity contribution in [3.05, 3.63) is 58.5 Å². The minimum atomic E-state index is -0.234. The van der Waals surface area contributed by atoms with Gasteiger partial charge in [0.1, 0.15) is 17.1 Å². The topological polar surface area (TPSA) is 55.6 Å². The van der Waals surface area contributed by atoms with Crippen molar-refractivity contribution in [2.45, 2.75) is 26.7 Å². The highest BCUT2D eigenvalue weighted by atomic mass is 35.5. The van der Waals surface area contributed by atoms with Gasteiger partial charge < -0.3 is 10.1 Å². The fourth-order valence-corrected chi connectivity index (χ4v) is 2.98. The molecular weight excluding hydrogens is 338 g/mol. The molecule has 1 amide bonds. The molecule has 0 atom stereocenters. The van der Waals surface area contributed by atoms with Crippen LogP contribution in [-0.2, 0) is 6.42 Å². The van der Waals surface area contributed by atoms with Crippen molar-refractivity contribution in [1.82, 2.24) is 9.38 Å². The molecule has 3 rings (SSSR count). The number of pyridine rings is 1. The number of hydrogen-bond acceptors (Lipinski definition) is 3. The summed E-state index contributed by atoms with van der Waals surface area (Å²) in [5, 5.41) is 3.50. The molecule has 0 bridgehead atoms. The van der Waals surface area contributed by atoms with Crippen LogP contribution in [0.15, 0.2) is 36.5 Å². The van der Waals surface area contributed by atoms with Gasteiger partial charge in [-0.3, -0.25) is 9.20 Å². The van der Waals surface area contributed by atoms with E-state index in [0.717, 1.165) is 17.7 Å². The van der Waals surface area contributed by atoms with Crippen LogP contribution >= 0.6 is 11.6 Å². The zero-order chi connectivity index (χ0) is 18.0. The Hall–Kier alpha value is -2.53. The van der Waals surface area contributed by atoms with Gasteiger partial charge in [0.25, 0.3) is 5.91 Å². The summed E-state index contributed by atoms with van der Waals surface area (Å²) in [6.45, 7) is 4.02. The van der Waals surface area contributed by atoms with Gasteiger partial charge in [-0.25, -0.2) is 4.98 Å². The first-order valence-electron chi connectivity index (χ1n) is 8.16. The molecule has 0 aliphatic rings. The molecule has 0 radical (unpaired) electrons. The molecule has 0 saturated heterocycles. The number of imidazole rings is 1. The standard InChI is InChI=1S/C19H20ClN3O2/c1-4-5-14-18(23-11-13(20)7-9-17(23)21-14)19(24)22-15-10-12(2)6-8-16(15)25-3/h6-11H,4-5H2,1-3H3,(H,22,24). The molecule has 25 heavy (non-hydrogen) atoms. The number of aryl methyl sites for hydroxylation is 2. The first kappa shape index (κ1) is 17.3. The first-order valence-corrected chi connectivity index (χ1v) is 8.53. The summed E-state index contributed by atoms with van der Waals surface area (Å²) in [6.07, 6.45) is 3.32. The number of rotatable bonds is 5. The van der Waals surface area contributed by atoms with E-state index in [1.165, 1.54) is 0 Å². The van der Waals surface area contributed by atoms with Crippen molar-refractivity contribution in [2.24, 2.45) is 0 Å². The Labute approximate surface area is 151 Å². The molecule has 0 aliphatic carbocycles. The Morgan fingerprint density at radius 1 is 1.32 bits per heavy atom. The smallest absolute Gasteiger partial charge is 0.274 e. The van der Waals surface area contributed by atoms with Crippen LogP contribution in [0.3, 0.4) is 0 Å². The minimum absolute atomic E-state index is 0.234. The number of hydrogen-bond donors (Lipinski definition) is 1. The lowest BCUT2D eigenvalue weighted by molar-refractivity contribution is 0.102. The van der Waals surface area contributed by atoms with E-state index in [1.54, 1.807) is 23.8 Å². The molecule has 0 fully saturated rings. The largest absolute Gasteiger partial charge is 0.495 e. The van der Waals surface area contributed by atoms with Crippen LogP contribution in [-0.4, -0.2) is 22.4 Å². The summed E-state index contributed by atoms with van der Waals surface area (Å²) in [5.74, 6) is 0.380. The second kappa shape index (κ2) is 7.15. The van der Waals surface area contributed by atoms with Crippen LogP contribution in [0.4, 0.5) is 5.69 Å². The van der Waals surface area contributed by atoms with Crippen LogP contribution in [0.2, 0.25) is 5.02 Å². The van der Waals surface area contributed by atoms with Crippen LogP contribution in [0, 0.1) is 6.92 Å². The average Bonchev–Trinajstić information content (AvgIpc) is 2.92. The Balaban J connectivity index is 2.06. The number of fused-ring (bicyclic) bond motifs is 1. The number of aromatic nitrogens is 2. The minimum Gasteiger partial charge on any atom is -0.495 e. The lowest BCUT2D eigenvalue weighted by atomic mass is 10.1. The molecular formula is C19H20ClN3O2. The number of ether oxygens (including phenoxy) is 1. The van der Waals surface area contributed by atoms with E-state index in [1.807, 2.05) is 31.2 Å². The van der Waals surface area contributed by atoms with Crippen molar-refractivity contribution >= 4 is 28.8 Å². The zero-order valence-corrected chi connectivity index (χ0v) is 15.2. The molecule has 0 unspecified atom stereocenters. The van der Waals surface area contributed by atoms with Crippen LogP contribution in [0.1, 0.15) is 35.1 Å². The van der Waals surface area contributed by atoms with E-state index in [4.69, 9.17) is 16.3 Å². The molecule has 5 nitrogen and oxygen atoms in total. The first-order chi connectivity index (χ1) is 12.0. The summed E-state index contributed by atoms with van der Waals surface area (Å²) >= 11 is 6.11. The van der Waals surface area contributed by atoms with Crippen molar-refractivity contribution in [3.8, 4) is 5.75 Å². The van der Waals surface area contributed by atoms with E-state index in [0.29, 0.717) is 34.2 Å². The van der Waals surface area contributed by atoms with Gasteiger partial charge >= 0.3 is 0 Å². The van der Waals surface area contributed by atoms with Gasteiger partial charge in [-0.15, -0.1) is 0 Å². The number of benzene rings is 1. The van der Waals surface area contributed by atoms with Crippen LogP contribution in [0.25, 0.3) is 5.65 Å². The maximum Gasteiger partial charge on any atom is 0.274 e. The van der Waals surface area contributed by atoms with Crippen LogP contribution < -0.4 is 10.1 Å². The van der Waals surface area contributed by atoms with E-state index < -0.39 is 0 Å². The van der Waals surface area contributed by atoms with Gasteiger partial charge in [-0.2, -0.15) is 0 Å². The Bertz CT molecular complexity index is 934. The number of methoxy groups -OCH3 is 1. The fourth-order valence-electron chi connectivity index (χ4n) is 2.82. The monoisotopic (exact) mass is 357 g/mol. The molecule has 2 aromatic heterocycles. The second-order valence-electron chi connectivity index (χ2n) is 5.89. The number of anilines is 1.